The van der Waals surface area contributed by atoms with Crippen molar-refractivity contribution < 1.29 is 14.6 Å². The van der Waals surface area contributed by atoms with Gasteiger partial charge >= 0.3 is 5.97 Å². The number of benzene rings is 2. The van der Waals surface area contributed by atoms with Crippen molar-refractivity contribution in [3.05, 3.63) is 59.2 Å². The normalized spacial score (nSPS) is 16.8. The number of aryl methyl sites for hydroxylation is 1. The van der Waals surface area contributed by atoms with Crippen molar-refractivity contribution in [3.63, 3.8) is 0 Å². The summed E-state index contributed by atoms with van der Waals surface area (Å²) in [6.45, 7) is 7.61. The van der Waals surface area contributed by atoms with Crippen molar-refractivity contribution in [2.45, 2.75) is 19.9 Å². The molecule has 0 radical (unpaired) electrons. The Balaban J connectivity index is 1.79. The second-order valence-corrected chi connectivity index (χ2v) is 6.28. The lowest BCUT2D eigenvalue weighted by atomic mass is 9.97. The van der Waals surface area contributed by atoms with Crippen LogP contribution in [0.4, 0.5) is 0 Å². The van der Waals surface area contributed by atoms with E-state index in [1.54, 1.807) is 6.07 Å². The summed E-state index contributed by atoms with van der Waals surface area (Å²) in [5.74, 6) is -0.881. The maximum absolute atomic E-state index is 11.1. The van der Waals surface area contributed by atoms with E-state index in [1.165, 1.54) is 5.56 Å². The van der Waals surface area contributed by atoms with E-state index in [-0.39, 0.29) is 0 Å². The van der Waals surface area contributed by atoms with Crippen LogP contribution < -0.4 is 0 Å². The van der Waals surface area contributed by atoms with Gasteiger partial charge in [0.05, 0.1) is 18.8 Å². The highest BCUT2D eigenvalue weighted by molar-refractivity contribution is 5.90. The second kappa shape index (κ2) is 7.16. The molecule has 0 amide bonds. The molecular weight excluding hydrogens is 302 g/mol. The van der Waals surface area contributed by atoms with E-state index in [0.29, 0.717) is 11.6 Å². The molecule has 0 bridgehead atoms. The average molecular weight is 325 g/mol. The van der Waals surface area contributed by atoms with Gasteiger partial charge in [-0.2, -0.15) is 0 Å². The maximum atomic E-state index is 11.1. The van der Waals surface area contributed by atoms with E-state index in [0.717, 1.165) is 43.0 Å². The Morgan fingerprint density at radius 1 is 1.08 bits per heavy atom. The van der Waals surface area contributed by atoms with Crippen molar-refractivity contribution in [1.82, 2.24) is 4.90 Å². The molecule has 4 nitrogen and oxygen atoms in total. The van der Waals surface area contributed by atoms with Gasteiger partial charge in [-0.1, -0.05) is 36.4 Å². The molecule has 1 N–H and O–H groups in total. The minimum absolute atomic E-state index is 0.358. The molecule has 24 heavy (non-hydrogen) atoms. The molecule has 1 unspecified atom stereocenters. The Kier molecular flexibility index (Phi) is 4.97. The molecule has 0 saturated carbocycles. The number of nitrogens with zero attached hydrogens (tertiary/aromatic N) is 1. The first-order valence-electron chi connectivity index (χ1n) is 8.32. The van der Waals surface area contributed by atoms with Gasteiger partial charge in [-0.25, -0.2) is 4.79 Å². The molecule has 1 saturated heterocycles. The van der Waals surface area contributed by atoms with E-state index >= 15 is 0 Å². The summed E-state index contributed by atoms with van der Waals surface area (Å²) >= 11 is 0. The van der Waals surface area contributed by atoms with Crippen molar-refractivity contribution in [1.29, 1.82) is 0 Å². The van der Waals surface area contributed by atoms with Gasteiger partial charge in [0.15, 0.2) is 0 Å². The van der Waals surface area contributed by atoms with Crippen molar-refractivity contribution >= 4 is 5.97 Å². The lowest BCUT2D eigenvalue weighted by Gasteiger charge is -2.32. The summed E-state index contributed by atoms with van der Waals surface area (Å²) in [6, 6.07) is 14.4. The molecular formula is C20H23NO3. The Bertz CT molecular complexity index is 718. The van der Waals surface area contributed by atoms with Crippen molar-refractivity contribution in [3.8, 4) is 11.1 Å². The smallest absolute Gasteiger partial charge is 0.335 e. The monoisotopic (exact) mass is 325 g/mol. The van der Waals surface area contributed by atoms with E-state index in [2.05, 4.69) is 36.1 Å². The van der Waals surface area contributed by atoms with Gasteiger partial charge in [0.2, 0.25) is 0 Å². The third kappa shape index (κ3) is 3.50. The fourth-order valence-electron chi connectivity index (χ4n) is 3.21. The van der Waals surface area contributed by atoms with Gasteiger partial charge in [0.25, 0.3) is 0 Å². The van der Waals surface area contributed by atoms with Crippen LogP contribution in [0.2, 0.25) is 0 Å². The second-order valence-electron chi connectivity index (χ2n) is 6.28. The summed E-state index contributed by atoms with van der Waals surface area (Å²) in [7, 11) is 0. The average Bonchev–Trinajstić information content (AvgIpc) is 2.61. The number of rotatable bonds is 4. The highest BCUT2D eigenvalue weighted by Gasteiger charge is 2.18. The van der Waals surface area contributed by atoms with Crippen molar-refractivity contribution in [2.75, 3.05) is 26.3 Å². The highest BCUT2D eigenvalue weighted by Crippen LogP contribution is 2.26. The minimum Gasteiger partial charge on any atom is -0.478 e. The third-order valence-corrected chi connectivity index (χ3v) is 4.78. The van der Waals surface area contributed by atoms with Gasteiger partial charge in [-0.3, -0.25) is 4.90 Å². The predicted molar refractivity (Wildman–Crippen MR) is 94.4 cm³/mol. The first-order chi connectivity index (χ1) is 11.6. The number of hydrogen-bond acceptors (Lipinski definition) is 3. The van der Waals surface area contributed by atoms with Crippen LogP contribution in [0.1, 0.15) is 34.5 Å². The van der Waals surface area contributed by atoms with Gasteiger partial charge in [0.1, 0.15) is 0 Å². The zero-order chi connectivity index (χ0) is 17.1. The van der Waals surface area contributed by atoms with Crippen LogP contribution in [-0.4, -0.2) is 42.3 Å². The number of aromatic carboxylic acids is 1. The summed E-state index contributed by atoms with van der Waals surface area (Å²) in [5, 5.41) is 9.13. The van der Waals surface area contributed by atoms with Gasteiger partial charge in [-0.15, -0.1) is 0 Å². The standard InChI is InChI=1S/C20H23NO3/c1-14-13-18(7-8-19(14)20(22)23)17-5-3-16(4-6-17)15(2)21-9-11-24-12-10-21/h3-8,13,15H,9-12H2,1-2H3,(H,22,23). The molecule has 2 aromatic carbocycles. The maximum Gasteiger partial charge on any atom is 0.335 e. The number of carboxylic acid groups (broad SMARTS) is 1. The Labute approximate surface area is 142 Å². The van der Waals surface area contributed by atoms with Crippen LogP contribution in [0.5, 0.6) is 0 Å². The molecule has 3 rings (SSSR count). The lowest BCUT2D eigenvalue weighted by Crippen LogP contribution is -2.37. The van der Waals surface area contributed by atoms with Crippen LogP contribution in [-0.2, 0) is 4.74 Å². The number of hydrogen-bond donors (Lipinski definition) is 1. The predicted octanol–water partition coefficient (Wildman–Crippen LogP) is 3.75. The molecule has 1 heterocycles. The number of carbonyl (C=O) groups is 1. The zero-order valence-electron chi connectivity index (χ0n) is 14.2. The van der Waals surface area contributed by atoms with E-state index in [1.807, 2.05) is 19.1 Å². The Hall–Kier alpha value is -2.17. The fourth-order valence-corrected chi connectivity index (χ4v) is 3.21. The fraction of sp³-hybridized carbons (Fsp3) is 0.350. The molecule has 0 aromatic heterocycles. The van der Waals surface area contributed by atoms with Crippen LogP contribution >= 0.6 is 0 Å². The van der Waals surface area contributed by atoms with Gasteiger partial charge in [0, 0.05) is 19.1 Å². The molecule has 126 valence electrons. The molecule has 1 atom stereocenters. The van der Waals surface area contributed by atoms with Crippen LogP contribution in [0.15, 0.2) is 42.5 Å². The topological polar surface area (TPSA) is 49.8 Å². The molecule has 1 aliphatic rings. The summed E-state index contributed by atoms with van der Waals surface area (Å²) in [5.41, 5.74) is 4.58. The van der Waals surface area contributed by atoms with Crippen LogP contribution in [0.25, 0.3) is 11.1 Å². The van der Waals surface area contributed by atoms with Crippen LogP contribution in [0, 0.1) is 6.92 Å². The summed E-state index contributed by atoms with van der Waals surface area (Å²) < 4.78 is 5.42. The molecule has 0 spiro atoms. The van der Waals surface area contributed by atoms with Crippen molar-refractivity contribution in [2.24, 2.45) is 0 Å². The quantitative estimate of drug-likeness (QED) is 0.930. The van der Waals surface area contributed by atoms with E-state index in [4.69, 9.17) is 9.84 Å². The first kappa shape index (κ1) is 16.7. The van der Waals surface area contributed by atoms with Crippen LogP contribution in [0.3, 0.4) is 0 Å². The number of ether oxygens (including phenoxy) is 1. The Morgan fingerprint density at radius 2 is 1.71 bits per heavy atom. The minimum atomic E-state index is -0.881. The number of carboxylic acids is 1. The summed E-state index contributed by atoms with van der Waals surface area (Å²) in [6.07, 6.45) is 0. The molecule has 0 aliphatic carbocycles. The third-order valence-electron chi connectivity index (χ3n) is 4.78. The van der Waals surface area contributed by atoms with Gasteiger partial charge in [-0.05, 0) is 42.2 Å². The molecule has 4 heteroatoms. The molecule has 1 fully saturated rings. The lowest BCUT2D eigenvalue weighted by molar-refractivity contribution is 0.0198. The largest absolute Gasteiger partial charge is 0.478 e. The zero-order valence-corrected chi connectivity index (χ0v) is 14.2. The Morgan fingerprint density at radius 3 is 2.29 bits per heavy atom. The highest BCUT2D eigenvalue weighted by atomic mass is 16.5. The SMILES string of the molecule is Cc1cc(-c2ccc(C(C)N3CCOCC3)cc2)ccc1C(=O)O. The van der Waals surface area contributed by atoms with Gasteiger partial charge < -0.3 is 9.84 Å². The number of morpholine rings is 1. The molecule has 1 aliphatic heterocycles. The van der Waals surface area contributed by atoms with E-state index in [9.17, 15) is 4.79 Å². The summed E-state index contributed by atoms with van der Waals surface area (Å²) in [4.78, 5) is 13.6. The molecule has 2 aromatic rings. The van der Waals surface area contributed by atoms with E-state index < -0.39 is 5.97 Å². The first-order valence-corrected chi connectivity index (χ1v) is 8.32.